The molecule has 1 unspecified atom stereocenters. The molecule has 15 heavy (non-hydrogen) atoms. The van der Waals surface area contributed by atoms with Crippen LogP contribution in [-0.2, 0) is 11.8 Å². The number of amides is 1. The van der Waals surface area contributed by atoms with Gasteiger partial charge in [0.2, 0.25) is 5.91 Å². The summed E-state index contributed by atoms with van der Waals surface area (Å²) in [4.78, 5) is 14.0. The first-order valence-corrected chi connectivity index (χ1v) is 5.29. The molecule has 1 atom stereocenters. The molecule has 2 aliphatic rings. The number of nitrogens with zero attached hydrogens (tertiary/aromatic N) is 3. The highest BCUT2D eigenvalue weighted by atomic mass is 16.2. The van der Waals surface area contributed by atoms with Crippen molar-refractivity contribution in [3.8, 4) is 0 Å². The Hall–Kier alpha value is -1.52. The van der Waals surface area contributed by atoms with Crippen LogP contribution in [0, 0.1) is 6.92 Å². The summed E-state index contributed by atoms with van der Waals surface area (Å²) >= 11 is 0. The Balaban J connectivity index is 2.17. The van der Waals surface area contributed by atoms with Crippen molar-refractivity contribution in [1.82, 2.24) is 9.78 Å². The lowest BCUT2D eigenvalue weighted by atomic mass is 10.1. The third-order valence-corrected chi connectivity index (χ3v) is 3.27. The van der Waals surface area contributed by atoms with Crippen LogP contribution in [0.5, 0.6) is 0 Å². The minimum absolute atomic E-state index is 0.0206. The summed E-state index contributed by atoms with van der Waals surface area (Å²) in [7, 11) is 1.93. The third-order valence-electron chi connectivity index (χ3n) is 3.27. The quantitative estimate of drug-likeness (QED) is 0.678. The third kappa shape index (κ3) is 1.03. The average molecular weight is 206 g/mol. The van der Waals surface area contributed by atoms with Gasteiger partial charge in [0.1, 0.15) is 11.7 Å². The normalized spacial score (nSPS) is 23.7. The van der Waals surface area contributed by atoms with Crippen molar-refractivity contribution in [3.63, 3.8) is 0 Å². The Morgan fingerprint density at radius 2 is 2.33 bits per heavy atom. The van der Waals surface area contributed by atoms with Crippen LogP contribution in [0.1, 0.15) is 18.5 Å². The van der Waals surface area contributed by atoms with E-state index in [1.807, 2.05) is 18.7 Å². The van der Waals surface area contributed by atoms with Gasteiger partial charge in [-0.05, 0) is 19.8 Å². The number of nitrogens with one attached hydrogen (secondary N) is 1. The van der Waals surface area contributed by atoms with Gasteiger partial charge in [0.15, 0.2) is 5.82 Å². The summed E-state index contributed by atoms with van der Waals surface area (Å²) in [6.45, 7) is 2.89. The Bertz CT molecular complexity index is 437. The van der Waals surface area contributed by atoms with Crippen LogP contribution in [-0.4, -0.2) is 28.3 Å². The van der Waals surface area contributed by atoms with Crippen LogP contribution in [0.25, 0.3) is 0 Å². The van der Waals surface area contributed by atoms with Crippen molar-refractivity contribution in [3.05, 3.63) is 5.69 Å². The van der Waals surface area contributed by atoms with E-state index in [0.29, 0.717) is 0 Å². The van der Waals surface area contributed by atoms with Gasteiger partial charge in [-0.15, -0.1) is 0 Å². The molecule has 0 aliphatic carbocycles. The van der Waals surface area contributed by atoms with Gasteiger partial charge in [-0.2, -0.15) is 5.10 Å². The van der Waals surface area contributed by atoms with E-state index < -0.39 is 0 Å². The van der Waals surface area contributed by atoms with E-state index in [0.717, 1.165) is 36.6 Å². The van der Waals surface area contributed by atoms with Crippen molar-refractivity contribution in [2.75, 3.05) is 16.8 Å². The van der Waals surface area contributed by atoms with E-state index >= 15 is 0 Å². The minimum Gasteiger partial charge on any atom is -0.343 e. The first-order valence-electron chi connectivity index (χ1n) is 5.29. The zero-order chi connectivity index (χ0) is 10.6. The van der Waals surface area contributed by atoms with Crippen molar-refractivity contribution in [2.45, 2.75) is 25.8 Å². The topological polar surface area (TPSA) is 50.2 Å². The van der Waals surface area contributed by atoms with E-state index in [4.69, 9.17) is 0 Å². The molecule has 2 aliphatic heterocycles. The maximum Gasteiger partial charge on any atom is 0.247 e. The van der Waals surface area contributed by atoms with E-state index in [9.17, 15) is 4.79 Å². The smallest absolute Gasteiger partial charge is 0.247 e. The summed E-state index contributed by atoms with van der Waals surface area (Å²) in [5.41, 5.74) is 1.78. The summed E-state index contributed by atoms with van der Waals surface area (Å²) in [6.07, 6.45) is 2.04. The van der Waals surface area contributed by atoms with Crippen molar-refractivity contribution < 1.29 is 4.79 Å². The highest BCUT2D eigenvalue weighted by molar-refractivity contribution is 6.03. The number of aryl methyl sites for hydroxylation is 2. The van der Waals surface area contributed by atoms with Crippen LogP contribution in [0.15, 0.2) is 0 Å². The lowest BCUT2D eigenvalue weighted by Gasteiger charge is -2.31. The van der Waals surface area contributed by atoms with Crippen LogP contribution in [0.4, 0.5) is 11.5 Å². The molecular weight excluding hydrogens is 192 g/mol. The fraction of sp³-hybridized carbons (Fsp3) is 0.600. The molecule has 1 amide bonds. The second-order valence-corrected chi connectivity index (χ2v) is 4.25. The largest absolute Gasteiger partial charge is 0.343 e. The molecule has 1 aromatic rings. The lowest BCUT2D eigenvalue weighted by Crippen LogP contribution is -2.44. The molecule has 5 heteroatoms. The molecule has 3 heterocycles. The van der Waals surface area contributed by atoms with E-state index in [2.05, 4.69) is 15.3 Å². The van der Waals surface area contributed by atoms with Gasteiger partial charge < -0.3 is 10.2 Å². The number of carbonyl (C=O) groups excluding carboxylic acids is 1. The van der Waals surface area contributed by atoms with Crippen molar-refractivity contribution in [1.29, 1.82) is 0 Å². The summed E-state index contributed by atoms with van der Waals surface area (Å²) in [5.74, 6) is 1.19. The summed E-state index contributed by atoms with van der Waals surface area (Å²) in [6, 6.07) is 0.0206. The Morgan fingerprint density at radius 1 is 1.53 bits per heavy atom. The molecular formula is C10H14N4O. The molecule has 0 spiro atoms. The summed E-state index contributed by atoms with van der Waals surface area (Å²) < 4.78 is 1.86. The Labute approximate surface area is 88.1 Å². The fourth-order valence-corrected chi connectivity index (χ4v) is 2.62. The van der Waals surface area contributed by atoms with Crippen LogP contribution >= 0.6 is 0 Å². The Morgan fingerprint density at radius 3 is 3.13 bits per heavy atom. The van der Waals surface area contributed by atoms with E-state index in [1.54, 1.807) is 0 Å². The number of hydrogen-bond donors (Lipinski definition) is 1. The maximum atomic E-state index is 11.8. The van der Waals surface area contributed by atoms with Crippen LogP contribution in [0.2, 0.25) is 0 Å². The second kappa shape index (κ2) is 2.74. The monoisotopic (exact) mass is 206 g/mol. The van der Waals surface area contributed by atoms with Gasteiger partial charge in [-0.1, -0.05) is 0 Å². The molecule has 0 radical (unpaired) electrons. The zero-order valence-electron chi connectivity index (χ0n) is 8.95. The average Bonchev–Trinajstić information content (AvgIpc) is 2.73. The molecule has 0 saturated carbocycles. The highest BCUT2D eigenvalue weighted by Crippen LogP contribution is 2.37. The van der Waals surface area contributed by atoms with Crippen molar-refractivity contribution >= 4 is 17.4 Å². The highest BCUT2D eigenvalue weighted by Gasteiger charge is 2.39. The minimum atomic E-state index is 0.0206. The molecule has 3 rings (SSSR count). The number of hydrogen-bond acceptors (Lipinski definition) is 3. The van der Waals surface area contributed by atoms with Crippen LogP contribution in [0.3, 0.4) is 0 Å². The molecule has 1 N–H and O–H groups in total. The molecule has 0 aromatic carbocycles. The van der Waals surface area contributed by atoms with Gasteiger partial charge >= 0.3 is 0 Å². The SMILES string of the molecule is Cc1nn(C)c2c1NC(=O)C1CCCN21. The molecule has 0 bridgehead atoms. The number of carbonyl (C=O) groups is 1. The number of rotatable bonds is 0. The zero-order valence-corrected chi connectivity index (χ0v) is 8.95. The first-order chi connectivity index (χ1) is 7.18. The lowest BCUT2D eigenvalue weighted by molar-refractivity contribution is -0.117. The van der Waals surface area contributed by atoms with Crippen LogP contribution < -0.4 is 10.2 Å². The van der Waals surface area contributed by atoms with E-state index in [1.165, 1.54) is 0 Å². The predicted octanol–water partition coefficient (Wildman–Crippen LogP) is 0.649. The van der Waals surface area contributed by atoms with E-state index in [-0.39, 0.29) is 11.9 Å². The fourth-order valence-electron chi connectivity index (χ4n) is 2.62. The standard InChI is InChI=1S/C10H14N4O/c1-6-8-10(13(2)12-6)14-5-3-4-7(14)9(15)11-8/h7H,3-5H2,1-2H3,(H,11,15). The maximum absolute atomic E-state index is 11.8. The number of anilines is 2. The Kier molecular flexibility index (Phi) is 1.60. The number of fused-ring (bicyclic) bond motifs is 3. The molecule has 1 aromatic heterocycles. The number of aromatic nitrogens is 2. The summed E-state index contributed by atoms with van der Waals surface area (Å²) in [5, 5.41) is 7.30. The van der Waals surface area contributed by atoms with Gasteiger partial charge in [-0.3, -0.25) is 9.48 Å². The molecule has 80 valence electrons. The molecule has 1 fully saturated rings. The molecule has 1 saturated heterocycles. The first kappa shape index (κ1) is 8.76. The van der Waals surface area contributed by atoms with Gasteiger partial charge in [-0.25, -0.2) is 0 Å². The van der Waals surface area contributed by atoms with Gasteiger partial charge in [0.05, 0.1) is 5.69 Å². The van der Waals surface area contributed by atoms with Gasteiger partial charge in [0, 0.05) is 13.6 Å². The van der Waals surface area contributed by atoms with Crippen molar-refractivity contribution in [2.24, 2.45) is 7.05 Å². The second-order valence-electron chi connectivity index (χ2n) is 4.25. The van der Waals surface area contributed by atoms with Gasteiger partial charge in [0.25, 0.3) is 0 Å². The predicted molar refractivity (Wildman–Crippen MR) is 56.9 cm³/mol. The molecule has 5 nitrogen and oxygen atoms in total.